The van der Waals surface area contributed by atoms with Crippen molar-refractivity contribution in [2.24, 2.45) is 16.1 Å². The van der Waals surface area contributed by atoms with Gasteiger partial charge in [0.15, 0.2) is 5.13 Å². The number of ether oxygens (including phenoxy) is 1. The second-order valence-corrected chi connectivity index (χ2v) is 11.5. The van der Waals surface area contributed by atoms with E-state index in [2.05, 4.69) is 20.1 Å². The van der Waals surface area contributed by atoms with E-state index < -0.39 is 11.7 Å². The number of anilines is 1. The van der Waals surface area contributed by atoms with Gasteiger partial charge in [-0.2, -0.15) is 28.4 Å². The van der Waals surface area contributed by atoms with Crippen LogP contribution in [0.25, 0.3) is 5.57 Å². The van der Waals surface area contributed by atoms with Crippen molar-refractivity contribution in [1.29, 1.82) is 0 Å². The van der Waals surface area contributed by atoms with Gasteiger partial charge in [0, 0.05) is 50.8 Å². The third-order valence-corrected chi connectivity index (χ3v) is 8.65. The lowest BCUT2D eigenvalue weighted by molar-refractivity contribution is -0.138. The quantitative estimate of drug-likeness (QED) is 0.401. The number of methoxy groups -OCH3 is 1. The van der Waals surface area contributed by atoms with Crippen LogP contribution < -0.4 is 15.5 Å². The highest BCUT2D eigenvalue weighted by molar-refractivity contribution is 7.17. The average molecular weight is 592 g/mol. The van der Waals surface area contributed by atoms with E-state index in [1.165, 1.54) is 23.5 Å². The van der Waals surface area contributed by atoms with E-state index in [0.29, 0.717) is 38.7 Å². The van der Waals surface area contributed by atoms with E-state index in [1.54, 1.807) is 25.5 Å². The first-order chi connectivity index (χ1) is 19.1. The maximum absolute atomic E-state index is 14.0. The van der Waals surface area contributed by atoms with E-state index in [1.807, 2.05) is 18.0 Å². The molecule has 7 nitrogen and oxygen atoms in total. The number of hydrogen-bond donors (Lipinski definition) is 1. The Balaban J connectivity index is 1.50. The monoisotopic (exact) mass is 591 g/mol. The molecule has 2 aliphatic rings. The van der Waals surface area contributed by atoms with Gasteiger partial charge in [-0.15, -0.1) is 0 Å². The Kier molecular flexibility index (Phi) is 8.46. The van der Waals surface area contributed by atoms with Crippen LogP contribution in [0.1, 0.15) is 28.0 Å². The smallest absolute Gasteiger partial charge is 0.416 e. The summed E-state index contributed by atoms with van der Waals surface area (Å²) in [5.41, 5.74) is 0.520. The fourth-order valence-electron chi connectivity index (χ4n) is 5.17. The molecular weight excluding hydrogens is 563 g/mol. The van der Waals surface area contributed by atoms with Gasteiger partial charge in [-0.3, -0.25) is 0 Å². The van der Waals surface area contributed by atoms with Crippen LogP contribution in [0.5, 0.6) is 5.88 Å². The van der Waals surface area contributed by atoms with Crippen LogP contribution in [0.2, 0.25) is 5.02 Å². The van der Waals surface area contributed by atoms with Crippen LogP contribution in [-0.2, 0) is 17.3 Å². The van der Waals surface area contributed by atoms with E-state index in [4.69, 9.17) is 16.3 Å². The second kappa shape index (κ2) is 11.9. The zero-order chi connectivity index (χ0) is 28.4. The van der Waals surface area contributed by atoms with Gasteiger partial charge < -0.3 is 19.6 Å². The molecule has 0 aliphatic carbocycles. The summed E-state index contributed by atoms with van der Waals surface area (Å²) in [5.74, 6) is 0.222. The Hall–Kier alpha value is -2.99. The van der Waals surface area contributed by atoms with E-state index >= 15 is 0 Å². The third kappa shape index (κ3) is 6.33. The normalized spacial score (nSPS) is 17.7. The molecular formula is C28H29ClF3N5O2S. The van der Waals surface area contributed by atoms with Crippen molar-refractivity contribution in [2.45, 2.75) is 19.0 Å². The van der Waals surface area contributed by atoms with E-state index in [0.717, 1.165) is 44.2 Å². The maximum atomic E-state index is 14.0. The number of thiazole rings is 1. The summed E-state index contributed by atoms with van der Waals surface area (Å²) >= 11 is 7.20. The molecule has 0 saturated carbocycles. The lowest BCUT2D eigenvalue weighted by Crippen LogP contribution is -2.29. The van der Waals surface area contributed by atoms with Gasteiger partial charge in [0.25, 0.3) is 0 Å². The van der Waals surface area contributed by atoms with Crippen molar-refractivity contribution in [1.82, 2.24) is 9.88 Å². The third-order valence-electron chi connectivity index (χ3n) is 7.20. The van der Waals surface area contributed by atoms with Crippen LogP contribution >= 0.6 is 22.9 Å². The summed E-state index contributed by atoms with van der Waals surface area (Å²) in [5, 5.41) is 20.9. The van der Waals surface area contributed by atoms with E-state index in [9.17, 15) is 18.3 Å². The average Bonchev–Trinajstić information content (AvgIpc) is 3.66. The number of halogens is 4. The molecule has 1 unspecified atom stereocenters. The molecule has 1 fully saturated rings. The van der Waals surface area contributed by atoms with Gasteiger partial charge in [0.2, 0.25) is 5.88 Å². The number of hydrogen-bond acceptors (Lipinski definition) is 8. The zero-order valence-corrected chi connectivity index (χ0v) is 23.7. The molecule has 40 heavy (non-hydrogen) atoms. The molecule has 3 aromatic rings. The van der Waals surface area contributed by atoms with Crippen molar-refractivity contribution < 1.29 is 23.0 Å². The summed E-state index contributed by atoms with van der Waals surface area (Å²) in [4.78, 5) is 9.22. The van der Waals surface area contributed by atoms with Gasteiger partial charge in [0.05, 0.1) is 28.6 Å². The highest BCUT2D eigenvalue weighted by Crippen LogP contribution is 2.39. The van der Waals surface area contributed by atoms with Crippen LogP contribution in [0.4, 0.5) is 18.3 Å². The fraction of sp³-hybridized carbons (Fsp3) is 0.393. The number of nitrogens with zero attached hydrogens (tertiary/aromatic N) is 5. The molecule has 1 aromatic heterocycles. The molecule has 3 heterocycles. The molecule has 12 heteroatoms. The standard InChI is InChI=1S/C28H29ClF3N5O2S/c1-36(15-17-7-8-37(16-17)9-10-39-2)27-34-26(38)25(40-27)22(18-4-6-24-20(11-18)14-33-35-24)12-19-3-5-21(29)13-23(19)28(30,31)32/h3-6,11,13-14,17,38H,7-10,12,15-16H2,1-2H3. The Morgan fingerprint density at radius 1 is 1.25 bits per heavy atom. The van der Waals surface area contributed by atoms with E-state index in [-0.39, 0.29) is 22.9 Å². The molecule has 5 rings (SSSR count). The van der Waals surface area contributed by atoms with Crippen LogP contribution in [0.15, 0.2) is 46.6 Å². The number of alkyl halides is 3. The number of likely N-dealkylation sites (tertiary alicyclic amines) is 1. The minimum Gasteiger partial charge on any atom is -0.492 e. The number of aromatic hydroxyl groups is 1. The lowest BCUT2D eigenvalue weighted by atomic mass is 9.96. The molecule has 0 spiro atoms. The number of fused-ring (bicyclic) bond motifs is 1. The highest BCUT2D eigenvalue weighted by Gasteiger charge is 2.34. The Bertz CT molecular complexity index is 1540. The van der Waals surface area contributed by atoms with Crippen molar-refractivity contribution in [3.8, 4) is 5.88 Å². The molecule has 0 radical (unpaired) electrons. The van der Waals surface area contributed by atoms with Crippen molar-refractivity contribution >= 4 is 39.9 Å². The Morgan fingerprint density at radius 3 is 2.85 bits per heavy atom. The summed E-state index contributed by atoms with van der Waals surface area (Å²) in [6, 6.07) is 9.14. The second-order valence-electron chi connectivity index (χ2n) is 10.1. The maximum Gasteiger partial charge on any atom is 0.416 e. The van der Waals surface area contributed by atoms with Crippen LogP contribution in [-0.4, -0.2) is 68.1 Å². The summed E-state index contributed by atoms with van der Waals surface area (Å²) in [6.07, 6.45) is -2.03. The van der Waals surface area contributed by atoms with Gasteiger partial charge in [-0.05, 0) is 59.5 Å². The largest absolute Gasteiger partial charge is 0.492 e. The summed E-state index contributed by atoms with van der Waals surface area (Å²) in [6.45, 7) is 4.29. The molecule has 0 amide bonds. The number of aromatic nitrogens is 1. The molecule has 212 valence electrons. The molecule has 2 aromatic carbocycles. The predicted molar refractivity (Wildman–Crippen MR) is 151 cm³/mol. The Morgan fingerprint density at radius 2 is 2.08 bits per heavy atom. The van der Waals surface area contributed by atoms with Gasteiger partial charge in [-0.25, -0.2) is 0 Å². The van der Waals surface area contributed by atoms with Gasteiger partial charge >= 0.3 is 6.18 Å². The molecule has 2 aliphatic heterocycles. The first-order valence-electron chi connectivity index (χ1n) is 12.8. The van der Waals surface area contributed by atoms with Crippen LogP contribution in [0, 0.1) is 5.92 Å². The fourth-order valence-corrected chi connectivity index (χ4v) is 6.34. The van der Waals surface area contributed by atoms with Crippen molar-refractivity contribution in [2.75, 3.05) is 51.8 Å². The number of benzene rings is 2. The summed E-state index contributed by atoms with van der Waals surface area (Å²) < 4.78 is 47.1. The Labute approximate surface area is 238 Å². The van der Waals surface area contributed by atoms with Crippen LogP contribution in [0.3, 0.4) is 0 Å². The highest BCUT2D eigenvalue weighted by atomic mass is 35.5. The topological polar surface area (TPSA) is 73.5 Å². The SMILES string of the molecule is COCCN1CCC(CN(C)c2nc(O)c(C(Cc3ccc(Cl)cc3C(F)(F)F)=c3ccc4c(c3)C=NN=4)s2)C1. The van der Waals surface area contributed by atoms with Crippen molar-refractivity contribution in [3.05, 3.63) is 73.6 Å². The zero-order valence-electron chi connectivity index (χ0n) is 22.1. The van der Waals surface area contributed by atoms with Gasteiger partial charge in [0.1, 0.15) is 0 Å². The minimum atomic E-state index is -4.59. The molecule has 1 atom stereocenters. The minimum absolute atomic E-state index is 0.00484. The first-order valence-corrected chi connectivity index (χ1v) is 14.0. The molecule has 1 saturated heterocycles. The molecule has 0 bridgehead atoms. The summed E-state index contributed by atoms with van der Waals surface area (Å²) in [7, 11) is 3.62. The number of rotatable bonds is 9. The van der Waals surface area contributed by atoms with Crippen molar-refractivity contribution in [3.63, 3.8) is 0 Å². The van der Waals surface area contributed by atoms with Gasteiger partial charge in [-0.1, -0.05) is 35.1 Å². The lowest BCUT2D eigenvalue weighted by Gasteiger charge is -2.21. The molecule has 1 N–H and O–H groups in total. The first kappa shape index (κ1) is 28.5. The predicted octanol–water partition coefficient (Wildman–Crippen LogP) is 4.33.